The van der Waals surface area contributed by atoms with Crippen molar-refractivity contribution in [2.75, 3.05) is 13.7 Å². The van der Waals surface area contributed by atoms with Crippen LogP contribution in [0, 0.1) is 0 Å². The zero-order valence-electron chi connectivity index (χ0n) is 16.9. The molecule has 0 aliphatic carbocycles. The number of nitrogens with one attached hydrogen (secondary N) is 2. The predicted octanol–water partition coefficient (Wildman–Crippen LogP) is 3.27. The fraction of sp³-hybridized carbons (Fsp3) is 0.227. The zero-order valence-corrected chi connectivity index (χ0v) is 17.7. The quantitative estimate of drug-likeness (QED) is 0.414. The highest BCUT2D eigenvalue weighted by Crippen LogP contribution is 2.35. The minimum absolute atomic E-state index is 0.254. The van der Waals surface area contributed by atoms with Gasteiger partial charge in [0.05, 0.1) is 30.9 Å². The lowest BCUT2D eigenvalue weighted by atomic mass is 9.95. The van der Waals surface area contributed by atoms with Gasteiger partial charge in [0.15, 0.2) is 16.6 Å². The Labute approximate surface area is 180 Å². The maximum absolute atomic E-state index is 12.5. The summed E-state index contributed by atoms with van der Waals surface area (Å²) in [5.41, 5.74) is 2.16. The minimum Gasteiger partial charge on any atom is -0.493 e. The monoisotopic (exact) mass is 426 g/mol. The van der Waals surface area contributed by atoms with E-state index >= 15 is 0 Å². The second-order valence-corrected chi connectivity index (χ2v) is 6.86. The van der Waals surface area contributed by atoms with Crippen LogP contribution in [-0.2, 0) is 9.53 Å². The van der Waals surface area contributed by atoms with Crippen LogP contribution in [0.1, 0.15) is 35.8 Å². The lowest BCUT2D eigenvalue weighted by Gasteiger charge is -2.30. The number of hydrogen-bond acceptors (Lipinski definition) is 6. The van der Waals surface area contributed by atoms with Crippen molar-refractivity contribution < 1.29 is 23.8 Å². The molecule has 2 aromatic carbocycles. The number of carbonyl (C=O) groups is 2. The average Bonchev–Trinajstić information content (AvgIpc) is 2.74. The van der Waals surface area contributed by atoms with Gasteiger partial charge in [-0.25, -0.2) is 9.59 Å². The number of hydrogen-bond donors (Lipinski definition) is 2. The van der Waals surface area contributed by atoms with E-state index < -0.39 is 18.0 Å². The van der Waals surface area contributed by atoms with Crippen molar-refractivity contribution in [3.63, 3.8) is 0 Å². The molecule has 156 valence electrons. The molecule has 30 heavy (non-hydrogen) atoms. The van der Waals surface area contributed by atoms with Crippen LogP contribution in [0.2, 0.25) is 0 Å². The normalized spacial score (nSPS) is 15.7. The van der Waals surface area contributed by atoms with Gasteiger partial charge in [-0.3, -0.25) is 0 Å². The van der Waals surface area contributed by atoms with Gasteiger partial charge in [0.25, 0.3) is 0 Å². The van der Waals surface area contributed by atoms with Crippen molar-refractivity contribution in [1.29, 1.82) is 0 Å². The van der Waals surface area contributed by atoms with Gasteiger partial charge in [-0.15, -0.1) is 0 Å². The van der Waals surface area contributed by atoms with Crippen LogP contribution < -0.4 is 20.1 Å². The third-order valence-electron chi connectivity index (χ3n) is 4.50. The van der Waals surface area contributed by atoms with Crippen molar-refractivity contribution in [1.82, 2.24) is 10.6 Å². The van der Waals surface area contributed by atoms with E-state index in [-0.39, 0.29) is 12.4 Å². The van der Waals surface area contributed by atoms with E-state index in [2.05, 4.69) is 10.6 Å². The van der Waals surface area contributed by atoms with Crippen LogP contribution in [-0.4, -0.2) is 30.8 Å². The second-order valence-electron chi connectivity index (χ2n) is 6.46. The first-order valence-corrected chi connectivity index (χ1v) is 9.76. The summed E-state index contributed by atoms with van der Waals surface area (Å²) >= 11 is 5.25. The second kappa shape index (κ2) is 9.41. The Morgan fingerprint density at radius 1 is 1.07 bits per heavy atom. The number of methoxy groups -OCH3 is 1. The summed E-state index contributed by atoms with van der Waals surface area (Å²) in [5.74, 6) is -0.319. The molecule has 0 unspecified atom stereocenters. The Bertz CT molecular complexity index is 1000. The summed E-state index contributed by atoms with van der Waals surface area (Å²) in [5, 5.41) is 6.43. The molecule has 1 aliphatic heterocycles. The van der Waals surface area contributed by atoms with Gasteiger partial charge in [-0.2, -0.15) is 0 Å². The van der Waals surface area contributed by atoms with Crippen molar-refractivity contribution in [2.24, 2.45) is 0 Å². The summed E-state index contributed by atoms with van der Waals surface area (Å²) in [6.45, 7) is 3.76. The topological polar surface area (TPSA) is 85.9 Å². The zero-order chi connectivity index (χ0) is 21.7. The Kier molecular flexibility index (Phi) is 6.68. The summed E-state index contributed by atoms with van der Waals surface area (Å²) in [7, 11) is 1.48. The fourth-order valence-electron chi connectivity index (χ4n) is 3.10. The molecular formula is C22H22N2O5S. The third-order valence-corrected chi connectivity index (χ3v) is 4.72. The number of thiocarbonyl (C=S) groups is 1. The van der Waals surface area contributed by atoms with E-state index in [0.29, 0.717) is 33.3 Å². The number of benzene rings is 2. The van der Waals surface area contributed by atoms with Crippen LogP contribution in [0.5, 0.6) is 11.5 Å². The van der Waals surface area contributed by atoms with E-state index in [1.54, 1.807) is 56.3 Å². The van der Waals surface area contributed by atoms with Crippen LogP contribution in [0.15, 0.2) is 59.8 Å². The van der Waals surface area contributed by atoms with Crippen LogP contribution in [0.25, 0.3) is 0 Å². The maximum atomic E-state index is 12.5. The predicted molar refractivity (Wildman–Crippen MR) is 115 cm³/mol. The number of ether oxygens (including phenoxy) is 3. The molecule has 0 fully saturated rings. The summed E-state index contributed by atoms with van der Waals surface area (Å²) in [4.78, 5) is 24.9. The SMILES string of the molecule is CCOC(=O)C1=C(C)NC(=S)N[C@@H]1c1ccc(OC(=O)c2ccccc2)c(OC)c1. The Morgan fingerprint density at radius 2 is 1.80 bits per heavy atom. The molecule has 1 aliphatic rings. The molecule has 0 saturated heterocycles. The third kappa shape index (κ3) is 4.60. The Hall–Kier alpha value is -3.39. The first kappa shape index (κ1) is 21.3. The van der Waals surface area contributed by atoms with Gasteiger partial charge in [-0.05, 0) is 55.9 Å². The molecule has 0 radical (unpaired) electrons. The highest BCUT2D eigenvalue weighted by atomic mass is 32.1. The molecule has 7 nitrogen and oxygen atoms in total. The van der Waals surface area contributed by atoms with E-state index in [1.807, 2.05) is 6.07 Å². The molecule has 1 heterocycles. The number of carbonyl (C=O) groups excluding carboxylic acids is 2. The molecule has 8 heteroatoms. The molecule has 3 rings (SSSR count). The smallest absolute Gasteiger partial charge is 0.343 e. The van der Waals surface area contributed by atoms with Gasteiger partial charge in [0.2, 0.25) is 0 Å². The number of rotatable bonds is 6. The van der Waals surface area contributed by atoms with Gasteiger partial charge in [-0.1, -0.05) is 24.3 Å². The highest BCUT2D eigenvalue weighted by molar-refractivity contribution is 7.80. The lowest BCUT2D eigenvalue weighted by Crippen LogP contribution is -2.45. The number of esters is 2. The first-order valence-electron chi connectivity index (χ1n) is 9.35. The average molecular weight is 426 g/mol. The van der Waals surface area contributed by atoms with E-state index in [1.165, 1.54) is 7.11 Å². The van der Waals surface area contributed by atoms with E-state index in [4.69, 9.17) is 26.4 Å². The first-order chi connectivity index (χ1) is 14.4. The maximum Gasteiger partial charge on any atom is 0.343 e. The molecule has 0 bridgehead atoms. The lowest BCUT2D eigenvalue weighted by molar-refractivity contribution is -0.139. The molecular weight excluding hydrogens is 404 g/mol. The largest absolute Gasteiger partial charge is 0.493 e. The molecule has 0 amide bonds. The Morgan fingerprint density at radius 3 is 2.47 bits per heavy atom. The summed E-state index contributed by atoms with van der Waals surface area (Å²) in [6.07, 6.45) is 0. The van der Waals surface area contributed by atoms with Crippen molar-refractivity contribution in [3.8, 4) is 11.5 Å². The molecule has 0 saturated carbocycles. The van der Waals surface area contributed by atoms with Gasteiger partial charge < -0.3 is 24.8 Å². The summed E-state index contributed by atoms with van der Waals surface area (Å²) < 4.78 is 16.1. The number of allylic oxidation sites excluding steroid dienone is 1. The minimum atomic E-state index is -0.537. The molecule has 0 aromatic heterocycles. The van der Waals surface area contributed by atoms with Crippen LogP contribution >= 0.6 is 12.2 Å². The fourth-order valence-corrected chi connectivity index (χ4v) is 3.38. The van der Waals surface area contributed by atoms with Gasteiger partial charge in [0, 0.05) is 5.70 Å². The van der Waals surface area contributed by atoms with Gasteiger partial charge in [0.1, 0.15) is 0 Å². The van der Waals surface area contributed by atoms with Crippen LogP contribution in [0.3, 0.4) is 0 Å². The van der Waals surface area contributed by atoms with Gasteiger partial charge >= 0.3 is 11.9 Å². The van der Waals surface area contributed by atoms with Crippen molar-refractivity contribution in [3.05, 3.63) is 70.9 Å². The van der Waals surface area contributed by atoms with E-state index in [9.17, 15) is 9.59 Å². The standard InChI is InChI=1S/C22H22N2O5S/c1-4-28-21(26)18-13(2)23-22(30)24-19(18)15-10-11-16(17(12-15)27-3)29-20(25)14-8-6-5-7-9-14/h5-12,19H,4H2,1-3H3,(H2,23,24,30)/t19-/m1/s1. The van der Waals surface area contributed by atoms with Crippen molar-refractivity contribution >= 4 is 29.3 Å². The highest BCUT2D eigenvalue weighted by Gasteiger charge is 2.31. The molecule has 0 spiro atoms. The van der Waals surface area contributed by atoms with Crippen molar-refractivity contribution in [2.45, 2.75) is 19.9 Å². The van der Waals surface area contributed by atoms with E-state index in [0.717, 1.165) is 0 Å². The molecule has 1 atom stereocenters. The molecule has 2 aromatic rings. The summed E-state index contributed by atoms with van der Waals surface area (Å²) in [6, 6.07) is 13.2. The Balaban J connectivity index is 1.92. The van der Waals surface area contributed by atoms with Crippen LogP contribution in [0.4, 0.5) is 0 Å². The molecule has 2 N–H and O–H groups in total.